The molecule has 0 aromatic heterocycles. The zero-order valence-electron chi connectivity index (χ0n) is 12.8. The van der Waals surface area contributed by atoms with Gasteiger partial charge in [-0.2, -0.15) is 4.89 Å². The van der Waals surface area contributed by atoms with E-state index in [4.69, 9.17) is 0 Å². The van der Waals surface area contributed by atoms with Gasteiger partial charge in [-0.3, -0.25) is 4.89 Å². The van der Waals surface area contributed by atoms with E-state index in [0.29, 0.717) is 17.3 Å². The van der Waals surface area contributed by atoms with Gasteiger partial charge < -0.3 is 0 Å². The van der Waals surface area contributed by atoms with E-state index in [1.807, 2.05) is 6.08 Å². The minimum absolute atomic E-state index is 0.328. The van der Waals surface area contributed by atoms with Gasteiger partial charge in [-0.05, 0) is 23.7 Å². The highest BCUT2D eigenvalue weighted by Gasteiger charge is 2.54. The van der Waals surface area contributed by atoms with Crippen molar-refractivity contribution in [1.82, 2.24) is 0 Å². The summed E-state index contributed by atoms with van der Waals surface area (Å²) in [6.45, 7) is 6.80. The van der Waals surface area contributed by atoms with Gasteiger partial charge >= 0.3 is 5.97 Å². The van der Waals surface area contributed by atoms with Crippen LogP contribution >= 0.6 is 0 Å². The topological polar surface area (TPSA) is 35.5 Å². The Morgan fingerprint density at radius 3 is 2.53 bits per heavy atom. The highest BCUT2D eigenvalue weighted by atomic mass is 17.2. The third kappa shape index (κ3) is 4.98. The minimum atomic E-state index is -0.424. The molecule has 0 aromatic rings. The quantitative estimate of drug-likeness (QED) is 0.271. The average Bonchev–Trinajstić information content (AvgIpc) is 2.88. The van der Waals surface area contributed by atoms with E-state index in [1.165, 1.54) is 51.7 Å². The summed E-state index contributed by atoms with van der Waals surface area (Å²) in [6.07, 6.45) is 11.4. The standard InChI is InChI=1S/C16H28O3/c1-5-6-7-8-9-10-13-14(16(13,2)3)11-12-15(17)19-18-4/h11-14H,5-10H2,1-4H3/b12-11+. The zero-order chi connectivity index (χ0) is 14.3. The maximum Gasteiger partial charge on any atom is 0.365 e. The Kier molecular flexibility index (Phi) is 6.56. The van der Waals surface area contributed by atoms with Gasteiger partial charge in [0.25, 0.3) is 0 Å². The van der Waals surface area contributed by atoms with E-state index in [-0.39, 0.29) is 0 Å². The van der Waals surface area contributed by atoms with Crippen LogP contribution in [0.15, 0.2) is 12.2 Å². The number of unbranched alkanes of at least 4 members (excludes halogenated alkanes) is 4. The first-order valence-electron chi connectivity index (χ1n) is 7.46. The maximum atomic E-state index is 11.2. The van der Waals surface area contributed by atoms with Crippen molar-refractivity contribution < 1.29 is 14.6 Å². The van der Waals surface area contributed by atoms with Crippen molar-refractivity contribution in [2.45, 2.75) is 59.3 Å². The highest BCUT2D eigenvalue weighted by Crippen LogP contribution is 2.61. The van der Waals surface area contributed by atoms with Crippen LogP contribution in [0.25, 0.3) is 0 Å². The number of carbonyl (C=O) groups excluding carboxylic acids is 1. The molecule has 0 aliphatic heterocycles. The van der Waals surface area contributed by atoms with Crippen molar-refractivity contribution in [2.24, 2.45) is 17.3 Å². The lowest BCUT2D eigenvalue weighted by molar-refractivity contribution is -0.249. The predicted molar refractivity (Wildman–Crippen MR) is 76.4 cm³/mol. The van der Waals surface area contributed by atoms with Crippen molar-refractivity contribution in [1.29, 1.82) is 0 Å². The molecule has 2 atom stereocenters. The van der Waals surface area contributed by atoms with Crippen LogP contribution in [0.1, 0.15) is 59.3 Å². The Morgan fingerprint density at radius 1 is 1.21 bits per heavy atom. The molecule has 19 heavy (non-hydrogen) atoms. The van der Waals surface area contributed by atoms with Crippen molar-refractivity contribution >= 4 is 5.97 Å². The molecule has 0 radical (unpaired) electrons. The van der Waals surface area contributed by atoms with Crippen molar-refractivity contribution in [3.05, 3.63) is 12.2 Å². The molecular weight excluding hydrogens is 240 g/mol. The van der Waals surface area contributed by atoms with E-state index < -0.39 is 5.97 Å². The van der Waals surface area contributed by atoms with Crippen molar-refractivity contribution in [3.8, 4) is 0 Å². The maximum absolute atomic E-state index is 11.2. The Hall–Kier alpha value is -0.830. The molecule has 0 heterocycles. The van der Waals surface area contributed by atoms with Gasteiger partial charge in [-0.15, -0.1) is 0 Å². The molecular formula is C16H28O3. The Bertz CT molecular complexity index is 307. The number of allylic oxidation sites excluding steroid dienone is 1. The van der Waals surface area contributed by atoms with E-state index in [0.717, 1.165) is 0 Å². The lowest BCUT2D eigenvalue weighted by atomic mass is 10.0. The lowest BCUT2D eigenvalue weighted by Gasteiger charge is -2.02. The van der Waals surface area contributed by atoms with E-state index >= 15 is 0 Å². The first kappa shape index (κ1) is 16.2. The summed E-state index contributed by atoms with van der Waals surface area (Å²) in [7, 11) is 1.34. The lowest BCUT2D eigenvalue weighted by Crippen LogP contribution is -1.98. The molecule has 1 rings (SSSR count). The first-order valence-corrected chi connectivity index (χ1v) is 7.46. The summed E-state index contributed by atoms with van der Waals surface area (Å²) < 4.78 is 0. The third-order valence-electron chi connectivity index (χ3n) is 4.36. The van der Waals surface area contributed by atoms with Gasteiger partial charge in [0.15, 0.2) is 0 Å². The first-order chi connectivity index (χ1) is 9.04. The molecule has 0 spiro atoms. The monoisotopic (exact) mass is 268 g/mol. The third-order valence-corrected chi connectivity index (χ3v) is 4.36. The number of hydrogen-bond acceptors (Lipinski definition) is 3. The molecule has 0 amide bonds. The van der Waals surface area contributed by atoms with Crippen LogP contribution in [0.5, 0.6) is 0 Å². The van der Waals surface area contributed by atoms with Crippen LogP contribution in [0.3, 0.4) is 0 Å². The van der Waals surface area contributed by atoms with E-state index in [1.54, 1.807) is 0 Å². The average molecular weight is 268 g/mol. The molecule has 0 aromatic carbocycles. The number of carbonyl (C=O) groups is 1. The molecule has 2 unspecified atom stereocenters. The number of rotatable bonds is 9. The van der Waals surface area contributed by atoms with Crippen LogP contribution in [0.4, 0.5) is 0 Å². The molecule has 1 aliphatic rings. The fourth-order valence-corrected chi connectivity index (χ4v) is 2.98. The minimum Gasteiger partial charge on any atom is -0.294 e. The van der Waals surface area contributed by atoms with Crippen LogP contribution in [-0.2, 0) is 14.6 Å². The molecule has 1 fully saturated rings. The van der Waals surface area contributed by atoms with Gasteiger partial charge in [-0.25, -0.2) is 4.79 Å². The van der Waals surface area contributed by atoms with Crippen LogP contribution in [0, 0.1) is 17.3 Å². The molecule has 0 saturated heterocycles. The van der Waals surface area contributed by atoms with Gasteiger partial charge in [0, 0.05) is 6.08 Å². The van der Waals surface area contributed by atoms with Gasteiger partial charge in [0.1, 0.15) is 0 Å². The Balaban J connectivity index is 2.26. The smallest absolute Gasteiger partial charge is 0.294 e. The van der Waals surface area contributed by atoms with Crippen LogP contribution < -0.4 is 0 Å². The van der Waals surface area contributed by atoms with Gasteiger partial charge in [0.05, 0.1) is 7.11 Å². The van der Waals surface area contributed by atoms with E-state index in [9.17, 15) is 4.79 Å². The van der Waals surface area contributed by atoms with Crippen LogP contribution in [-0.4, -0.2) is 13.1 Å². The molecule has 1 aliphatic carbocycles. The second kappa shape index (κ2) is 7.68. The Labute approximate surface area is 117 Å². The fourth-order valence-electron chi connectivity index (χ4n) is 2.98. The van der Waals surface area contributed by atoms with Crippen molar-refractivity contribution in [2.75, 3.05) is 7.11 Å². The highest BCUT2D eigenvalue weighted by molar-refractivity contribution is 5.81. The molecule has 1 saturated carbocycles. The van der Waals surface area contributed by atoms with Gasteiger partial charge in [0.2, 0.25) is 0 Å². The Morgan fingerprint density at radius 2 is 1.89 bits per heavy atom. The van der Waals surface area contributed by atoms with E-state index in [2.05, 4.69) is 30.5 Å². The normalized spacial score (nSPS) is 24.6. The summed E-state index contributed by atoms with van der Waals surface area (Å²) in [6, 6.07) is 0. The SMILES string of the molecule is CCCCCCCC1C(/C=C/C(=O)OOC)C1(C)C. The zero-order valence-corrected chi connectivity index (χ0v) is 12.8. The molecule has 3 heteroatoms. The molecule has 3 nitrogen and oxygen atoms in total. The molecule has 110 valence electrons. The van der Waals surface area contributed by atoms with Gasteiger partial charge in [-0.1, -0.05) is 59.0 Å². The summed E-state index contributed by atoms with van der Waals surface area (Å²) in [5, 5.41) is 0. The second-order valence-corrected chi connectivity index (χ2v) is 6.08. The molecule has 0 bridgehead atoms. The summed E-state index contributed by atoms with van der Waals surface area (Å²) in [4.78, 5) is 20.0. The molecule has 0 N–H and O–H groups in total. The fraction of sp³-hybridized carbons (Fsp3) is 0.812. The van der Waals surface area contributed by atoms with Crippen LogP contribution in [0.2, 0.25) is 0 Å². The summed E-state index contributed by atoms with van der Waals surface area (Å²) >= 11 is 0. The van der Waals surface area contributed by atoms with Crippen molar-refractivity contribution in [3.63, 3.8) is 0 Å². The predicted octanol–water partition coefficient (Wildman–Crippen LogP) is 4.28. The summed E-state index contributed by atoms with van der Waals surface area (Å²) in [5.41, 5.74) is 0.328. The largest absolute Gasteiger partial charge is 0.365 e. The second-order valence-electron chi connectivity index (χ2n) is 6.08. The number of hydrogen-bond donors (Lipinski definition) is 0. The summed E-state index contributed by atoms with van der Waals surface area (Å²) in [5.74, 6) is 0.788.